The first-order chi connectivity index (χ1) is 12.8. The first-order valence-electron chi connectivity index (χ1n) is 9.75. The molecule has 3 heterocycles. The second-order valence-electron chi connectivity index (χ2n) is 8.73. The van der Waals surface area contributed by atoms with Crippen LogP contribution in [0.15, 0.2) is 29.3 Å². The predicted molar refractivity (Wildman–Crippen MR) is 102 cm³/mol. The smallest absolute Gasteiger partial charge is 0.410 e. The molecule has 4 rings (SSSR count). The van der Waals surface area contributed by atoms with Crippen molar-refractivity contribution in [2.75, 3.05) is 19.7 Å². The summed E-state index contributed by atoms with van der Waals surface area (Å²) in [7, 11) is 0. The zero-order chi connectivity index (χ0) is 19.2. The topological polar surface area (TPSA) is 71.4 Å². The van der Waals surface area contributed by atoms with Gasteiger partial charge in [-0.3, -0.25) is 4.99 Å². The Hall–Kier alpha value is -1.92. The summed E-state index contributed by atoms with van der Waals surface area (Å²) in [4.78, 5) is 18.6. The van der Waals surface area contributed by atoms with Crippen LogP contribution in [0, 0.1) is 5.92 Å². The van der Waals surface area contributed by atoms with Crippen molar-refractivity contribution in [2.24, 2.45) is 10.9 Å². The lowest BCUT2D eigenvalue weighted by atomic mass is 9.81. The first-order valence-corrected chi connectivity index (χ1v) is 9.75. The summed E-state index contributed by atoms with van der Waals surface area (Å²) in [6.45, 7) is 7.57. The zero-order valence-electron chi connectivity index (χ0n) is 16.2. The van der Waals surface area contributed by atoms with E-state index >= 15 is 0 Å². The minimum absolute atomic E-state index is 0.0323. The molecule has 0 aliphatic carbocycles. The summed E-state index contributed by atoms with van der Waals surface area (Å²) < 4.78 is 11.7. The summed E-state index contributed by atoms with van der Waals surface area (Å²) in [6.07, 6.45) is 0.611. The van der Waals surface area contributed by atoms with Gasteiger partial charge >= 0.3 is 6.09 Å². The monoisotopic (exact) mass is 372 g/mol. The molecule has 2 fully saturated rings. The molecule has 1 aromatic carbocycles. The Bertz CT molecular complexity index is 755. The van der Waals surface area contributed by atoms with Crippen molar-refractivity contribution in [3.05, 3.63) is 35.4 Å². The Kier molecular flexibility index (Phi) is 4.72. The molecule has 4 atom stereocenters. The molecule has 3 aliphatic heterocycles. The number of nitrogens with zero attached hydrogens (tertiary/aromatic N) is 2. The number of hydrogen-bond acceptors (Lipinski definition) is 5. The molecule has 0 bridgehead atoms. The number of fused-ring (bicyclic) bond motifs is 3. The predicted octanol–water partition coefficient (Wildman–Crippen LogP) is 3.26. The minimum Gasteiger partial charge on any atom is -0.444 e. The highest BCUT2D eigenvalue weighted by Crippen LogP contribution is 2.39. The molecule has 1 amide bonds. The van der Waals surface area contributed by atoms with Gasteiger partial charge in [0, 0.05) is 42.6 Å². The van der Waals surface area contributed by atoms with Crippen molar-refractivity contribution in [1.29, 1.82) is 0 Å². The van der Waals surface area contributed by atoms with Crippen LogP contribution in [0.25, 0.3) is 0 Å². The third-order valence-electron chi connectivity index (χ3n) is 5.63. The van der Waals surface area contributed by atoms with Gasteiger partial charge in [0.2, 0.25) is 0 Å². The Labute approximate surface area is 160 Å². The van der Waals surface area contributed by atoms with Gasteiger partial charge in [0.05, 0.1) is 12.7 Å². The largest absolute Gasteiger partial charge is 0.444 e. The van der Waals surface area contributed by atoms with E-state index in [9.17, 15) is 9.90 Å². The van der Waals surface area contributed by atoms with E-state index in [2.05, 4.69) is 11.1 Å². The van der Waals surface area contributed by atoms with E-state index in [0.717, 1.165) is 23.3 Å². The Morgan fingerprint density at radius 3 is 2.78 bits per heavy atom. The summed E-state index contributed by atoms with van der Waals surface area (Å²) >= 11 is 0. The highest BCUT2D eigenvalue weighted by molar-refractivity contribution is 5.93. The second kappa shape index (κ2) is 6.91. The number of aliphatic hydroxyl groups excluding tert-OH is 1. The summed E-state index contributed by atoms with van der Waals surface area (Å²) in [5, 5.41) is 10.4. The van der Waals surface area contributed by atoms with Crippen molar-refractivity contribution in [2.45, 2.75) is 57.5 Å². The molecule has 146 valence electrons. The van der Waals surface area contributed by atoms with Crippen LogP contribution in [-0.4, -0.2) is 53.2 Å². The number of rotatable bonds is 1. The van der Waals surface area contributed by atoms with Gasteiger partial charge in [0.25, 0.3) is 0 Å². The van der Waals surface area contributed by atoms with E-state index in [1.807, 2.05) is 39.0 Å². The van der Waals surface area contributed by atoms with Crippen LogP contribution < -0.4 is 0 Å². The summed E-state index contributed by atoms with van der Waals surface area (Å²) in [5.74, 6) is 0.402. The molecule has 6 heteroatoms. The van der Waals surface area contributed by atoms with E-state index in [0.29, 0.717) is 26.1 Å². The quantitative estimate of drug-likeness (QED) is 0.821. The minimum atomic E-state index is -0.784. The number of hydrogen-bond donors (Lipinski definition) is 1. The van der Waals surface area contributed by atoms with Gasteiger partial charge in [-0.2, -0.15) is 0 Å². The lowest BCUT2D eigenvalue weighted by Crippen LogP contribution is -2.41. The molecule has 0 saturated carbocycles. The Morgan fingerprint density at radius 2 is 2.04 bits per heavy atom. The third-order valence-corrected chi connectivity index (χ3v) is 5.63. The molecule has 1 N–H and O–H groups in total. The molecule has 27 heavy (non-hydrogen) atoms. The molecule has 0 aromatic heterocycles. The molecule has 0 radical (unpaired) electrons. The number of aliphatic imine (C=N–C) groups is 1. The van der Waals surface area contributed by atoms with Crippen LogP contribution in [0.3, 0.4) is 0 Å². The maximum atomic E-state index is 12.3. The van der Waals surface area contributed by atoms with Gasteiger partial charge in [-0.15, -0.1) is 0 Å². The van der Waals surface area contributed by atoms with Crippen LogP contribution in [0.2, 0.25) is 0 Å². The summed E-state index contributed by atoms with van der Waals surface area (Å²) in [6, 6.07) is 7.92. The van der Waals surface area contributed by atoms with Crippen molar-refractivity contribution >= 4 is 11.8 Å². The van der Waals surface area contributed by atoms with Gasteiger partial charge < -0.3 is 19.5 Å². The van der Waals surface area contributed by atoms with Crippen LogP contribution in [-0.2, 0) is 9.47 Å². The van der Waals surface area contributed by atoms with Crippen molar-refractivity contribution in [3.8, 4) is 0 Å². The van der Waals surface area contributed by atoms with Crippen molar-refractivity contribution in [1.82, 2.24) is 4.90 Å². The number of carbonyl (C=O) groups excluding carboxylic acids is 1. The fourth-order valence-electron chi connectivity index (χ4n) is 4.31. The van der Waals surface area contributed by atoms with Crippen molar-refractivity contribution < 1.29 is 19.4 Å². The molecule has 6 nitrogen and oxygen atoms in total. The van der Waals surface area contributed by atoms with E-state index < -0.39 is 11.8 Å². The molecular weight excluding hydrogens is 344 g/mol. The van der Waals surface area contributed by atoms with Crippen LogP contribution in [0.4, 0.5) is 4.79 Å². The lowest BCUT2D eigenvalue weighted by Gasteiger charge is -2.37. The van der Waals surface area contributed by atoms with Crippen LogP contribution in [0.5, 0.6) is 0 Å². The van der Waals surface area contributed by atoms with E-state index in [1.54, 1.807) is 4.90 Å². The molecule has 0 spiro atoms. The molecule has 2 saturated heterocycles. The maximum Gasteiger partial charge on any atom is 0.410 e. The maximum absolute atomic E-state index is 12.3. The molecule has 3 aliphatic rings. The van der Waals surface area contributed by atoms with Gasteiger partial charge in [-0.1, -0.05) is 24.3 Å². The van der Waals surface area contributed by atoms with Gasteiger partial charge in [0.1, 0.15) is 5.60 Å². The van der Waals surface area contributed by atoms with E-state index in [1.165, 1.54) is 0 Å². The van der Waals surface area contributed by atoms with Crippen LogP contribution in [0.1, 0.15) is 56.9 Å². The first kappa shape index (κ1) is 18.4. The molecule has 1 aromatic rings. The number of amides is 1. The number of aliphatic hydroxyl groups is 1. The highest BCUT2D eigenvalue weighted by atomic mass is 16.6. The highest BCUT2D eigenvalue weighted by Gasteiger charge is 2.40. The number of ether oxygens (including phenoxy) is 2. The van der Waals surface area contributed by atoms with Gasteiger partial charge in [-0.05, 0) is 32.8 Å². The average Bonchev–Trinajstić information content (AvgIpc) is 3.10. The fourth-order valence-corrected chi connectivity index (χ4v) is 4.31. The zero-order valence-corrected chi connectivity index (χ0v) is 16.2. The summed E-state index contributed by atoms with van der Waals surface area (Å²) in [5.41, 5.74) is 2.54. The fraction of sp³-hybridized carbons (Fsp3) is 0.619. The lowest BCUT2D eigenvalue weighted by molar-refractivity contribution is -0.000129. The number of benzene rings is 1. The van der Waals surface area contributed by atoms with Crippen LogP contribution >= 0.6 is 0 Å². The normalized spacial score (nSPS) is 30.4. The van der Waals surface area contributed by atoms with E-state index in [-0.39, 0.29) is 24.0 Å². The SMILES string of the molecule is CC(C)(C)OC(=O)N1CCC(C2CC3=NC(O)c4ccccc4C3CO2)C1. The molecular formula is C21H28N2O4. The molecule has 4 unspecified atom stereocenters. The number of likely N-dealkylation sites (tertiary alicyclic amines) is 1. The standard InChI is InChI=1S/C21H28N2O4/c1-21(2,3)27-20(25)23-9-8-13(11-23)18-10-17-16(12-26-18)14-6-4-5-7-15(14)19(24)22-17/h4-7,13,16,18-19,24H,8-12H2,1-3H3. The van der Waals surface area contributed by atoms with Gasteiger partial charge in [-0.25, -0.2) is 4.79 Å². The second-order valence-corrected chi connectivity index (χ2v) is 8.73. The Morgan fingerprint density at radius 1 is 1.30 bits per heavy atom. The number of carbonyl (C=O) groups is 1. The van der Waals surface area contributed by atoms with Gasteiger partial charge in [0.15, 0.2) is 6.23 Å². The van der Waals surface area contributed by atoms with Crippen molar-refractivity contribution in [3.63, 3.8) is 0 Å². The average molecular weight is 372 g/mol. The van der Waals surface area contributed by atoms with E-state index in [4.69, 9.17) is 9.47 Å². The third kappa shape index (κ3) is 3.73. The Balaban J connectivity index is 1.42.